The molecule has 80 valence electrons. The molecule has 0 fully saturated rings. The summed E-state index contributed by atoms with van der Waals surface area (Å²) in [5, 5.41) is 2.73. The highest BCUT2D eigenvalue weighted by atomic mass is 32.1. The zero-order valence-corrected chi connectivity index (χ0v) is 9.28. The van der Waals surface area contributed by atoms with Crippen LogP contribution in [0.2, 0.25) is 0 Å². The van der Waals surface area contributed by atoms with E-state index in [0.29, 0.717) is 0 Å². The number of thiazole rings is 1. The number of benzene rings is 1. The van der Waals surface area contributed by atoms with Gasteiger partial charge in [-0.3, -0.25) is 4.79 Å². The minimum absolute atomic E-state index is 0.462. The second kappa shape index (κ2) is 4.72. The summed E-state index contributed by atoms with van der Waals surface area (Å²) in [5.41, 5.74) is 6.99. The van der Waals surface area contributed by atoms with Crippen LogP contribution in [0.25, 0.3) is 17.3 Å². The molecule has 0 aliphatic carbocycles. The second-order valence-corrected chi connectivity index (χ2v) is 4.06. The van der Waals surface area contributed by atoms with E-state index in [9.17, 15) is 4.79 Å². The Kier molecular flexibility index (Phi) is 3.12. The number of hydrogen-bond donors (Lipinski definition) is 1. The van der Waals surface area contributed by atoms with Gasteiger partial charge < -0.3 is 5.73 Å². The number of carbonyl (C=O) groups excluding carboxylic acids is 1. The number of primary amides is 1. The standard InChI is InChI=1S/C12H10N2OS/c13-11(15)6-7-12-14-10(8-16-12)9-4-2-1-3-5-9/h1-8H,(H2,13,15)/b7-6-. The van der Waals surface area contributed by atoms with Crippen molar-refractivity contribution in [1.29, 1.82) is 0 Å². The molecule has 16 heavy (non-hydrogen) atoms. The summed E-state index contributed by atoms with van der Waals surface area (Å²) in [5.74, 6) is -0.462. The lowest BCUT2D eigenvalue weighted by molar-refractivity contribution is -0.113. The van der Waals surface area contributed by atoms with Gasteiger partial charge in [-0.25, -0.2) is 4.98 Å². The molecule has 4 heteroatoms. The van der Waals surface area contributed by atoms with E-state index in [1.807, 2.05) is 35.7 Å². The van der Waals surface area contributed by atoms with Gasteiger partial charge in [-0.1, -0.05) is 30.3 Å². The Morgan fingerprint density at radius 2 is 2.06 bits per heavy atom. The highest BCUT2D eigenvalue weighted by molar-refractivity contribution is 7.10. The van der Waals surface area contributed by atoms with E-state index in [1.54, 1.807) is 6.08 Å². The summed E-state index contributed by atoms with van der Waals surface area (Å²) in [6.07, 6.45) is 2.94. The summed E-state index contributed by atoms with van der Waals surface area (Å²) in [4.78, 5) is 14.9. The molecule has 0 bridgehead atoms. The molecule has 0 radical (unpaired) electrons. The third-order valence-electron chi connectivity index (χ3n) is 1.98. The molecule has 0 aliphatic rings. The van der Waals surface area contributed by atoms with Crippen molar-refractivity contribution in [2.45, 2.75) is 0 Å². The van der Waals surface area contributed by atoms with Crippen molar-refractivity contribution in [2.75, 3.05) is 0 Å². The number of hydrogen-bond acceptors (Lipinski definition) is 3. The van der Waals surface area contributed by atoms with Gasteiger partial charge in [-0.05, 0) is 6.08 Å². The van der Waals surface area contributed by atoms with Gasteiger partial charge in [0.05, 0.1) is 5.69 Å². The molecule has 1 aromatic heterocycles. The highest BCUT2D eigenvalue weighted by Crippen LogP contribution is 2.21. The normalized spacial score (nSPS) is 10.8. The van der Waals surface area contributed by atoms with Crippen LogP contribution in [-0.2, 0) is 4.79 Å². The lowest BCUT2D eigenvalue weighted by Gasteiger charge is -1.93. The molecule has 2 N–H and O–H groups in total. The molecular formula is C12H10N2OS. The van der Waals surface area contributed by atoms with Gasteiger partial charge in [-0.15, -0.1) is 11.3 Å². The van der Waals surface area contributed by atoms with Gasteiger partial charge in [0, 0.05) is 17.0 Å². The predicted molar refractivity (Wildman–Crippen MR) is 65.8 cm³/mol. The predicted octanol–water partition coefficient (Wildman–Crippen LogP) is 2.31. The van der Waals surface area contributed by atoms with Gasteiger partial charge >= 0.3 is 0 Å². The Labute approximate surface area is 97.3 Å². The average molecular weight is 230 g/mol. The zero-order chi connectivity index (χ0) is 11.4. The van der Waals surface area contributed by atoms with Crippen LogP contribution in [-0.4, -0.2) is 10.9 Å². The van der Waals surface area contributed by atoms with Gasteiger partial charge in [0.2, 0.25) is 5.91 Å². The molecule has 0 spiro atoms. The molecular weight excluding hydrogens is 220 g/mol. The third kappa shape index (κ3) is 2.55. The van der Waals surface area contributed by atoms with Gasteiger partial charge in [0.25, 0.3) is 0 Å². The van der Waals surface area contributed by atoms with Crippen LogP contribution in [0.1, 0.15) is 5.01 Å². The lowest BCUT2D eigenvalue weighted by Crippen LogP contribution is -2.04. The number of nitrogens with zero attached hydrogens (tertiary/aromatic N) is 1. The summed E-state index contributed by atoms with van der Waals surface area (Å²) in [7, 11) is 0. The van der Waals surface area contributed by atoms with Crippen molar-refractivity contribution in [3.05, 3.63) is 46.8 Å². The molecule has 0 saturated carbocycles. The van der Waals surface area contributed by atoms with Crippen molar-refractivity contribution in [1.82, 2.24) is 4.98 Å². The second-order valence-electron chi connectivity index (χ2n) is 3.17. The Balaban J connectivity index is 2.23. The molecule has 2 aromatic rings. The van der Waals surface area contributed by atoms with Crippen LogP contribution in [0.15, 0.2) is 41.8 Å². The summed E-state index contributed by atoms with van der Waals surface area (Å²) in [6, 6.07) is 9.89. The highest BCUT2D eigenvalue weighted by Gasteiger charge is 2.01. The molecule has 3 nitrogen and oxygen atoms in total. The Bertz CT molecular complexity index is 517. The van der Waals surface area contributed by atoms with Crippen molar-refractivity contribution in [3.8, 4) is 11.3 Å². The number of carbonyl (C=O) groups is 1. The fourth-order valence-electron chi connectivity index (χ4n) is 1.26. The smallest absolute Gasteiger partial charge is 0.241 e. The minimum atomic E-state index is -0.462. The zero-order valence-electron chi connectivity index (χ0n) is 8.46. The molecule has 2 rings (SSSR count). The van der Waals surface area contributed by atoms with Crippen molar-refractivity contribution in [2.24, 2.45) is 5.73 Å². The summed E-state index contributed by atoms with van der Waals surface area (Å²) >= 11 is 1.48. The largest absolute Gasteiger partial charge is 0.366 e. The first kappa shape index (κ1) is 10.6. The van der Waals surface area contributed by atoms with Crippen molar-refractivity contribution < 1.29 is 4.79 Å². The van der Waals surface area contributed by atoms with Crippen molar-refractivity contribution in [3.63, 3.8) is 0 Å². The number of nitrogens with two attached hydrogens (primary N) is 1. The van der Waals surface area contributed by atoms with E-state index < -0.39 is 5.91 Å². The van der Waals surface area contributed by atoms with Crippen molar-refractivity contribution >= 4 is 23.3 Å². The molecule has 0 aliphatic heterocycles. The summed E-state index contributed by atoms with van der Waals surface area (Å²) < 4.78 is 0. The SMILES string of the molecule is NC(=O)/C=C\c1nc(-c2ccccc2)cs1. The van der Waals surface area contributed by atoms with Crippen LogP contribution in [0.4, 0.5) is 0 Å². The quantitative estimate of drug-likeness (QED) is 0.822. The Hall–Kier alpha value is -1.94. The van der Waals surface area contributed by atoms with Gasteiger partial charge in [-0.2, -0.15) is 0 Å². The van der Waals surface area contributed by atoms with E-state index in [0.717, 1.165) is 16.3 Å². The van der Waals surface area contributed by atoms with Crippen LogP contribution in [0.3, 0.4) is 0 Å². The van der Waals surface area contributed by atoms with Crippen LogP contribution in [0.5, 0.6) is 0 Å². The fourth-order valence-corrected chi connectivity index (χ4v) is 1.98. The first-order chi connectivity index (χ1) is 7.75. The maximum absolute atomic E-state index is 10.6. The number of aromatic nitrogens is 1. The number of amides is 1. The first-order valence-electron chi connectivity index (χ1n) is 4.74. The molecule has 1 amide bonds. The molecule has 0 unspecified atom stereocenters. The minimum Gasteiger partial charge on any atom is -0.366 e. The maximum Gasteiger partial charge on any atom is 0.241 e. The van der Waals surface area contributed by atoms with E-state index in [-0.39, 0.29) is 0 Å². The van der Waals surface area contributed by atoms with E-state index >= 15 is 0 Å². The van der Waals surface area contributed by atoms with Gasteiger partial charge in [0.15, 0.2) is 0 Å². The Morgan fingerprint density at radius 1 is 1.31 bits per heavy atom. The first-order valence-corrected chi connectivity index (χ1v) is 5.62. The van der Waals surface area contributed by atoms with Crippen LogP contribution < -0.4 is 5.73 Å². The lowest BCUT2D eigenvalue weighted by atomic mass is 10.2. The third-order valence-corrected chi connectivity index (χ3v) is 2.79. The Morgan fingerprint density at radius 3 is 2.75 bits per heavy atom. The maximum atomic E-state index is 10.6. The van der Waals surface area contributed by atoms with Crippen LogP contribution in [0, 0.1) is 0 Å². The summed E-state index contributed by atoms with van der Waals surface area (Å²) in [6.45, 7) is 0. The monoisotopic (exact) mass is 230 g/mol. The van der Waals surface area contributed by atoms with Gasteiger partial charge in [0.1, 0.15) is 5.01 Å². The number of rotatable bonds is 3. The average Bonchev–Trinajstić information content (AvgIpc) is 2.76. The molecule has 0 atom stereocenters. The van der Waals surface area contributed by atoms with E-state index in [2.05, 4.69) is 4.98 Å². The van der Waals surface area contributed by atoms with E-state index in [4.69, 9.17) is 5.73 Å². The fraction of sp³-hybridized carbons (Fsp3) is 0. The molecule has 1 aromatic carbocycles. The van der Waals surface area contributed by atoms with Crippen LogP contribution >= 0.6 is 11.3 Å². The van der Waals surface area contributed by atoms with E-state index in [1.165, 1.54) is 17.4 Å². The topological polar surface area (TPSA) is 56.0 Å². The molecule has 1 heterocycles. The molecule has 0 saturated heterocycles.